The zero-order chi connectivity index (χ0) is 6.91. The molecule has 0 amide bonds. The predicted octanol–water partition coefficient (Wildman–Crippen LogP) is -0.337. The van der Waals surface area contributed by atoms with E-state index in [1.165, 1.54) is 0 Å². The fourth-order valence-corrected chi connectivity index (χ4v) is 1.38. The Morgan fingerprint density at radius 2 is 2.22 bits per heavy atom. The van der Waals surface area contributed by atoms with Crippen molar-refractivity contribution < 1.29 is 17.7 Å². The van der Waals surface area contributed by atoms with Crippen LogP contribution in [0.3, 0.4) is 0 Å². The lowest BCUT2D eigenvalue weighted by Gasteiger charge is -2.24. The first-order valence-corrected chi connectivity index (χ1v) is 4.25. The van der Waals surface area contributed by atoms with Crippen LogP contribution < -0.4 is 0 Å². The predicted molar refractivity (Wildman–Crippen MR) is 30.8 cm³/mol. The smallest absolute Gasteiger partial charge is 0.267 e. The third kappa shape index (κ3) is 2.30. The fourth-order valence-electron chi connectivity index (χ4n) is 0.651. The van der Waals surface area contributed by atoms with Crippen LogP contribution in [0.25, 0.3) is 0 Å². The van der Waals surface area contributed by atoms with E-state index in [2.05, 4.69) is 0 Å². The van der Waals surface area contributed by atoms with E-state index >= 15 is 0 Å². The van der Waals surface area contributed by atoms with Crippen LogP contribution in [-0.4, -0.2) is 31.4 Å². The first-order valence-electron chi connectivity index (χ1n) is 2.65. The molecule has 0 spiro atoms. The molecule has 4 nitrogen and oxygen atoms in total. The highest BCUT2D eigenvalue weighted by Crippen LogP contribution is 2.11. The Hall–Kier alpha value is -0.130. The summed E-state index contributed by atoms with van der Waals surface area (Å²) in [6.07, 6.45) is 0.472. The Labute approximate surface area is 53.6 Å². The molecule has 0 aromatic rings. The van der Waals surface area contributed by atoms with Crippen LogP contribution >= 0.6 is 0 Å². The minimum atomic E-state index is -3.81. The molecule has 9 heavy (non-hydrogen) atoms. The highest BCUT2D eigenvalue weighted by molar-refractivity contribution is 7.85. The molecule has 1 atom stereocenters. The van der Waals surface area contributed by atoms with Gasteiger partial charge in [0.2, 0.25) is 0 Å². The van der Waals surface area contributed by atoms with Crippen molar-refractivity contribution in [2.45, 2.75) is 12.5 Å². The molecule has 0 aliphatic carbocycles. The van der Waals surface area contributed by atoms with Gasteiger partial charge in [-0.25, -0.2) is 0 Å². The molecule has 5 heteroatoms. The van der Waals surface area contributed by atoms with Crippen LogP contribution in [0.5, 0.6) is 0 Å². The standard InChI is InChI=1S/C4H8O4S/c5-9(6,7)3-4-1-2-8-4/h4H,1-3H2,(H,5,6,7)/t4-/m0/s1. The van der Waals surface area contributed by atoms with Gasteiger partial charge >= 0.3 is 0 Å². The summed E-state index contributed by atoms with van der Waals surface area (Å²) in [5.74, 6) is -0.257. The third-order valence-electron chi connectivity index (χ3n) is 1.19. The Bertz CT molecular complexity index is 179. The summed E-state index contributed by atoms with van der Waals surface area (Å²) in [7, 11) is -3.81. The second-order valence-electron chi connectivity index (χ2n) is 2.03. The van der Waals surface area contributed by atoms with E-state index < -0.39 is 10.1 Å². The quantitative estimate of drug-likeness (QED) is 0.550. The minimum Gasteiger partial charge on any atom is -0.377 e. The highest BCUT2D eigenvalue weighted by atomic mass is 32.2. The maximum Gasteiger partial charge on any atom is 0.267 e. The summed E-state index contributed by atoms with van der Waals surface area (Å²) in [4.78, 5) is 0. The van der Waals surface area contributed by atoms with Crippen molar-refractivity contribution in [3.63, 3.8) is 0 Å². The normalized spacial score (nSPS) is 27.4. The zero-order valence-electron chi connectivity index (χ0n) is 4.78. The molecule has 0 aromatic carbocycles. The van der Waals surface area contributed by atoms with Gasteiger partial charge in [0.25, 0.3) is 10.1 Å². The topological polar surface area (TPSA) is 63.6 Å². The minimum absolute atomic E-state index is 0.257. The molecular weight excluding hydrogens is 144 g/mol. The van der Waals surface area contributed by atoms with Crippen LogP contribution in [0.4, 0.5) is 0 Å². The average molecular weight is 152 g/mol. The van der Waals surface area contributed by atoms with Crippen molar-refractivity contribution in [1.29, 1.82) is 0 Å². The van der Waals surface area contributed by atoms with E-state index in [4.69, 9.17) is 9.29 Å². The highest BCUT2D eigenvalue weighted by Gasteiger charge is 2.23. The van der Waals surface area contributed by atoms with Crippen molar-refractivity contribution in [2.24, 2.45) is 0 Å². The SMILES string of the molecule is O=S(=O)(O)C[C@@H]1CCO1. The molecular formula is C4H8O4S. The van der Waals surface area contributed by atoms with Crippen molar-refractivity contribution in [3.8, 4) is 0 Å². The fraction of sp³-hybridized carbons (Fsp3) is 1.00. The molecule has 0 unspecified atom stereocenters. The van der Waals surface area contributed by atoms with Gasteiger partial charge in [0.15, 0.2) is 0 Å². The molecule has 1 fully saturated rings. The van der Waals surface area contributed by atoms with Gasteiger partial charge in [0, 0.05) is 6.61 Å². The molecule has 0 saturated carbocycles. The lowest BCUT2D eigenvalue weighted by atomic mass is 10.2. The zero-order valence-corrected chi connectivity index (χ0v) is 5.60. The summed E-state index contributed by atoms with van der Waals surface area (Å²) in [5, 5.41) is 0. The third-order valence-corrected chi connectivity index (χ3v) is 1.98. The molecule has 54 valence electrons. The summed E-state index contributed by atoms with van der Waals surface area (Å²) in [5.41, 5.74) is 0. The van der Waals surface area contributed by atoms with Gasteiger partial charge in [0.05, 0.1) is 6.10 Å². The summed E-state index contributed by atoms with van der Waals surface area (Å²) >= 11 is 0. The van der Waals surface area contributed by atoms with Gasteiger partial charge < -0.3 is 4.74 Å². The monoisotopic (exact) mass is 152 g/mol. The molecule has 1 N–H and O–H groups in total. The van der Waals surface area contributed by atoms with Gasteiger partial charge in [-0.05, 0) is 6.42 Å². The van der Waals surface area contributed by atoms with Crippen molar-refractivity contribution in [1.82, 2.24) is 0 Å². The Morgan fingerprint density at radius 3 is 2.33 bits per heavy atom. The maximum absolute atomic E-state index is 10.1. The largest absolute Gasteiger partial charge is 0.377 e. The van der Waals surface area contributed by atoms with Gasteiger partial charge in [-0.15, -0.1) is 0 Å². The van der Waals surface area contributed by atoms with E-state index in [0.717, 1.165) is 6.42 Å². The lowest BCUT2D eigenvalue weighted by molar-refractivity contribution is -0.0359. The van der Waals surface area contributed by atoms with Gasteiger partial charge in [0.1, 0.15) is 5.75 Å². The molecule has 1 aliphatic heterocycles. The summed E-state index contributed by atoms with van der Waals surface area (Å²) in [6.45, 7) is 0.611. The van der Waals surface area contributed by atoms with Crippen LogP contribution in [0.2, 0.25) is 0 Å². The van der Waals surface area contributed by atoms with Crippen molar-refractivity contribution in [3.05, 3.63) is 0 Å². The molecule has 1 aliphatic rings. The van der Waals surface area contributed by atoms with E-state index in [9.17, 15) is 8.42 Å². The van der Waals surface area contributed by atoms with Gasteiger partial charge in [-0.3, -0.25) is 4.55 Å². The maximum atomic E-state index is 10.1. The molecule has 1 heterocycles. The Kier molecular flexibility index (Phi) is 1.74. The Balaban J connectivity index is 2.33. The van der Waals surface area contributed by atoms with Crippen LogP contribution in [0, 0.1) is 0 Å². The van der Waals surface area contributed by atoms with Gasteiger partial charge in [-0.1, -0.05) is 0 Å². The van der Waals surface area contributed by atoms with E-state index in [0.29, 0.717) is 6.61 Å². The summed E-state index contributed by atoms with van der Waals surface area (Å²) < 4.78 is 33.2. The van der Waals surface area contributed by atoms with E-state index in [1.807, 2.05) is 0 Å². The van der Waals surface area contributed by atoms with E-state index in [-0.39, 0.29) is 11.9 Å². The lowest BCUT2D eigenvalue weighted by Crippen LogP contribution is -2.33. The number of ether oxygens (including phenoxy) is 1. The molecule has 1 rings (SSSR count). The number of rotatable bonds is 2. The molecule has 1 saturated heterocycles. The van der Waals surface area contributed by atoms with Crippen LogP contribution in [-0.2, 0) is 14.9 Å². The molecule has 0 aromatic heterocycles. The Morgan fingerprint density at radius 1 is 1.67 bits per heavy atom. The van der Waals surface area contributed by atoms with Crippen molar-refractivity contribution >= 4 is 10.1 Å². The number of hydrogen-bond donors (Lipinski definition) is 1. The molecule has 0 bridgehead atoms. The van der Waals surface area contributed by atoms with Crippen LogP contribution in [0.1, 0.15) is 6.42 Å². The second-order valence-corrected chi connectivity index (χ2v) is 3.53. The van der Waals surface area contributed by atoms with E-state index in [1.54, 1.807) is 0 Å². The first-order chi connectivity index (χ1) is 4.08. The average Bonchev–Trinajstić information content (AvgIpc) is 1.53. The second kappa shape index (κ2) is 2.24. The van der Waals surface area contributed by atoms with Gasteiger partial charge in [-0.2, -0.15) is 8.42 Å². The van der Waals surface area contributed by atoms with Crippen LogP contribution in [0.15, 0.2) is 0 Å². The first kappa shape index (κ1) is 6.98. The van der Waals surface area contributed by atoms with Crippen molar-refractivity contribution in [2.75, 3.05) is 12.4 Å². The summed E-state index contributed by atoms with van der Waals surface area (Å²) in [6, 6.07) is 0. The molecule has 0 radical (unpaired) electrons. The number of hydrogen-bond acceptors (Lipinski definition) is 3.